The van der Waals surface area contributed by atoms with Gasteiger partial charge in [-0.15, -0.1) is 0 Å². The summed E-state index contributed by atoms with van der Waals surface area (Å²) in [6, 6.07) is 22.9. The molecular weight excluding hydrogens is 663 g/mol. The minimum absolute atomic E-state index is 0.0170. The molecule has 16 heteroatoms. The monoisotopic (exact) mass is 687 g/mol. The number of fused-ring (bicyclic) bond motifs is 1. The lowest BCUT2D eigenvalue weighted by Gasteiger charge is -2.30. The molecule has 0 amide bonds. The van der Waals surface area contributed by atoms with Gasteiger partial charge in [-0.25, -0.2) is 28.2 Å². The zero-order valence-corrected chi connectivity index (χ0v) is 25.7. The van der Waals surface area contributed by atoms with Gasteiger partial charge >= 0.3 is 18.1 Å². The Labute approximate surface area is 271 Å². The highest BCUT2D eigenvalue weighted by atomic mass is 35.5. The molecule has 2 atom stereocenters. The summed E-state index contributed by atoms with van der Waals surface area (Å²) in [4.78, 5) is 34.2. The first-order valence-corrected chi connectivity index (χ1v) is 15.6. The molecule has 1 fully saturated rings. The summed E-state index contributed by atoms with van der Waals surface area (Å²) in [6.07, 6.45) is -0.374. The highest BCUT2D eigenvalue weighted by Crippen LogP contribution is 2.57. The van der Waals surface area contributed by atoms with Gasteiger partial charge in [-0.2, -0.15) is 17.5 Å². The van der Waals surface area contributed by atoms with Crippen molar-refractivity contribution < 1.29 is 41.4 Å². The maximum Gasteiger partial charge on any atom is 0.490 e. The molecule has 0 unspecified atom stereocenters. The van der Waals surface area contributed by atoms with Crippen molar-refractivity contribution in [2.45, 2.75) is 35.5 Å². The van der Waals surface area contributed by atoms with Crippen LogP contribution >= 0.6 is 11.6 Å². The van der Waals surface area contributed by atoms with Crippen molar-refractivity contribution in [2.75, 3.05) is 6.54 Å². The number of carboxylic acid groups (broad SMARTS) is 2. The van der Waals surface area contributed by atoms with Crippen LogP contribution in [0.3, 0.4) is 0 Å². The average Bonchev–Trinajstić information content (AvgIpc) is 3.67. The smallest absolute Gasteiger partial charge is 0.480 e. The molecule has 0 radical (unpaired) electrons. The van der Waals surface area contributed by atoms with E-state index in [4.69, 9.17) is 21.5 Å². The van der Waals surface area contributed by atoms with Crippen molar-refractivity contribution in [1.29, 1.82) is 0 Å². The van der Waals surface area contributed by atoms with E-state index in [2.05, 4.69) is 15.0 Å². The van der Waals surface area contributed by atoms with Crippen LogP contribution in [0, 0.1) is 0 Å². The van der Waals surface area contributed by atoms with Gasteiger partial charge in [0.1, 0.15) is 17.4 Å². The fourth-order valence-corrected chi connectivity index (χ4v) is 7.15. The molecule has 11 nitrogen and oxygen atoms in total. The summed E-state index contributed by atoms with van der Waals surface area (Å²) < 4.78 is 63.0. The lowest BCUT2D eigenvalue weighted by molar-refractivity contribution is -0.192. The number of sulfonamides is 1. The predicted octanol–water partition coefficient (Wildman–Crippen LogP) is 5.48. The zero-order chi connectivity index (χ0) is 34.0. The Hall–Kier alpha value is -4.86. The molecule has 3 aromatic carbocycles. The molecule has 1 aliphatic carbocycles. The van der Waals surface area contributed by atoms with Crippen LogP contribution < -0.4 is 0 Å². The lowest BCUT2D eigenvalue weighted by Crippen LogP contribution is -2.49. The second-order valence-electron chi connectivity index (χ2n) is 10.5. The minimum Gasteiger partial charge on any atom is -0.480 e. The van der Waals surface area contributed by atoms with Crippen molar-refractivity contribution in [1.82, 2.24) is 23.8 Å². The van der Waals surface area contributed by atoms with E-state index in [1.807, 2.05) is 42.5 Å². The summed E-state index contributed by atoms with van der Waals surface area (Å²) in [5.41, 5.74) is 1.96. The molecule has 2 heterocycles. The zero-order valence-electron chi connectivity index (χ0n) is 24.1. The summed E-state index contributed by atoms with van der Waals surface area (Å²) in [5.74, 6) is -4.42. The fourth-order valence-electron chi connectivity index (χ4n) is 5.25. The van der Waals surface area contributed by atoms with Gasteiger partial charge in [-0.1, -0.05) is 66.2 Å². The van der Waals surface area contributed by atoms with Gasteiger partial charge in [-0.05, 0) is 47.4 Å². The third-order valence-electron chi connectivity index (χ3n) is 7.66. The van der Waals surface area contributed by atoms with Gasteiger partial charge in [0, 0.05) is 24.0 Å². The number of alkyl halides is 3. The van der Waals surface area contributed by atoms with Crippen LogP contribution in [0.4, 0.5) is 13.2 Å². The maximum absolute atomic E-state index is 14.2. The van der Waals surface area contributed by atoms with E-state index < -0.39 is 39.6 Å². The van der Waals surface area contributed by atoms with Gasteiger partial charge in [0.15, 0.2) is 5.65 Å². The number of halogens is 4. The summed E-state index contributed by atoms with van der Waals surface area (Å²) >= 11 is 6.00. The number of aliphatic carboxylic acids is 2. The molecule has 0 aliphatic heterocycles. The van der Waals surface area contributed by atoms with E-state index in [9.17, 15) is 31.5 Å². The number of nitrogens with zero attached hydrogens (tertiary/aromatic N) is 5. The number of hydrogen-bond donors (Lipinski definition) is 2. The van der Waals surface area contributed by atoms with E-state index >= 15 is 0 Å². The van der Waals surface area contributed by atoms with Gasteiger partial charge < -0.3 is 14.8 Å². The van der Waals surface area contributed by atoms with Crippen molar-refractivity contribution in [3.8, 4) is 11.1 Å². The van der Waals surface area contributed by atoms with Crippen molar-refractivity contribution in [2.24, 2.45) is 0 Å². The first kappa shape index (κ1) is 33.5. The van der Waals surface area contributed by atoms with E-state index in [1.54, 1.807) is 41.4 Å². The quantitative estimate of drug-likeness (QED) is 0.205. The predicted molar refractivity (Wildman–Crippen MR) is 164 cm³/mol. The number of rotatable bonds is 9. The van der Waals surface area contributed by atoms with Crippen molar-refractivity contribution in [3.63, 3.8) is 0 Å². The molecule has 244 valence electrons. The molecule has 2 aromatic heterocycles. The molecule has 6 rings (SSSR count). The van der Waals surface area contributed by atoms with E-state index in [0.717, 1.165) is 21.0 Å². The van der Waals surface area contributed by atoms with Crippen LogP contribution in [0.5, 0.6) is 0 Å². The average molecular weight is 688 g/mol. The van der Waals surface area contributed by atoms with Crippen LogP contribution in [0.1, 0.15) is 17.9 Å². The molecule has 5 aromatic rings. The van der Waals surface area contributed by atoms with Crippen LogP contribution in [0.25, 0.3) is 22.3 Å². The number of hydrogen-bond acceptors (Lipinski definition) is 7. The summed E-state index contributed by atoms with van der Waals surface area (Å²) in [7, 11) is -4.23. The highest BCUT2D eigenvalue weighted by molar-refractivity contribution is 7.89. The summed E-state index contributed by atoms with van der Waals surface area (Å²) in [5, 5.41) is 18.2. The van der Waals surface area contributed by atoms with Crippen LogP contribution in [-0.2, 0) is 26.2 Å². The Balaban J connectivity index is 0.000000559. The largest absolute Gasteiger partial charge is 0.490 e. The molecule has 47 heavy (non-hydrogen) atoms. The Morgan fingerprint density at radius 3 is 2.13 bits per heavy atom. The van der Waals surface area contributed by atoms with Crippen molar-refractivity contribution in [3.05, 3.63) is 108 Å². The molecule has 1 aliphatic rings. The number of carboxylic acids is 2. The Morgan fingerprint density at radius 2 is 1.55 bits per heavy atom. The molecule has 0 spiro atoms. The van der Waals surface area contributed by atoms with E-state index in [0.29, 0.717) is 16.2 Å². The molecular formula is C31H25ClF3N5O6S. The van der Waals surface area contributed by atoms with Crippen LogP contribution in [0.2, 0.25) is 5.02 Å². The van der Waals surface area contributed by atoms with Crippen molar-refractivity contribution >= 4 is 44.7 Å². The van der Waals surface area contributed by atoms with Crippen LogP contribution in [-0.4, -0.2) is 72.7 Å². The highest BCUT2D eigenvalue weighted by Gasteiger charge is 2.67. The second-order valence-corrected chi connectivity index (χ2v) is 12.8. The molecule has 0 bridgehead atoms. The Morgan fingerprint density at radius 1 is 0.957 bits per heavy atom. The first-order valence-electron chi connectivity index (χ1n) is 13.8. The van der Waals surface area contributed by atoms with Crippen LogP contribution in [0.15, 0.2) is 103 Å². The van der Waals surface area contributed by atoms with Gasteiger partial charge in [0.2, 0.25) is 10.0 Å². The third kappa shape index (κ3) is 6.96. The van der Waals surface area contributed by atoms with E-state index in [1.165, 1.54) is 18.5 Å². The van der Waals surface area contributed by atoms with Gasteiger partial charge in [0.05, 0.1) is 17.4 Å². The Bertz CT molecular complexity index is 2010. The number of benzene rings is 3. The SMILES string of the molecule is O=C(O)C(F)(F)F.O=C(O)[C@@]1(N(CCn2cnc3ncncc32)S(=O)(=O)c2ccc(-c3ccc(Cl)cc3)cc2)C[C@H]1c1ccccc1. The standard InChI is InChI=1S/C29H24ClN5O4S.C2HF3O2/c30-23-10-6-20(7-11-23)21-8-12-24(13-9-21)40(38,39)35(15-14-34-19-33-27-26(34)17-31-18-32-27)29(28(36)37)16-25(29)22-4-2-1-3-5-22;3-2(4,5)1(6)7/h1-13,17-19,25H,14-16H2,(H,36,37);(H,6,7)/t25-,29+;/m0./s1. The molecule has 0 saturated heterocycles. The number of aromatic nitrogens is 4. The number of imidazole rings is 1. The first-order chi connectivity index (χ1) is 22.2. The minimum atomic E-state index is -5.08. The topological polar surface area (TPSA) is 156 Å². The second kappa shape index (κ2) is 13.1. The summed E-state index contributed by atoms with van der Waals surface area (Å²) in [6.45, 7) is 0.0831. The normalized spacial score (nSPS) is 17.6. The fraction of sp³-hybridized carbons (Fsp3) is 0.194. The third-order valence-corrected chi connectivity index (χ3v) is 9.87. The maximum atomic E-state index is 14.2. The van der Waals surface area contributed by atoms with E-state index in [-0.39, 0.29) is 24.4 Å². The molecule has 1 saturated carbocycles. The lowest BCUT2D eigenvalue weighted by atomic mass is 10.1. The van der Waals surface area contributed by atoms with Gasteiger partial charge in [-0.3, -0.25) is 4.79 Å². The Kier molecular flexibility index (Phi) is 9.34. The number of carbonyl (C=O) groups is 2. The molecule has 2 N–H and O–H groups in total. The van der Waals surface area contributed by atoms with Gasteiger partial charge in [0.25, 0.3) is 0 Å².